The molecule has 0 unspecified atom stereocenters. The van der Waals surface area contributed by atoms with Gasteiger partial charge in [-0.15, -0.1) is 0 Å². The van der Waals surface area contributed by atoms with Crippen molar-refractivity contribution in [3.05, 3.63) is 40.3 Å². The number of thioether (sulfide) groups is 1. The van der Waals surface area contributed by atoms with Crippen LogP contribution in [0.15, 0.2) is 34.2 Å². The number of nitrogens with one attached hydrogen (secondary N) is 4. The van der Waals surface area contributed by atoms with Crippen molar-refractivity contribution < 1.29 is 24.0 Å². The van der Waals surface area contributed by atoms with Crippen molar-refractivity contribution in [1.82, 2.24) is 21.3 Å². The summed E-state index contributed by atoms with van der Waals surface area (Å²) in [5.74, 6) is -2.80. The Hall–Kier alpha value is -4.02. The van der Waals surface area contributed by atoms with E-state index >= 15 is 0 Å². The molecule has 0 bridgehead atoms. The fourth-order valence-electron chi connectivity index (χ4n) is 4.36. The maximum absolute atomic E-state index is 13.6. The predicted molar refractivity (Wildman–Crippen MR) is 179 cm³/mol. The van der Waals surface area contributed by atoms with Gasteiger partial charge in [-0.05, 0) is 68.8 Å². The minimum absolute atomic E-state index is 0.107. The van der Waals surface area contributed by atoms with E-state index in [1.54, 1.807) is 30.3 Å². The number of aliphatic imine (C=N–C) groups is 1. The van der Waals surface area contributed by atoms with Crippen LogP contribution in [-0.2, 0) is 19.2 Å². The van der Waals surface area contributed by atoms with Crippen molar-refractivity contribution in [3.63, 3.8) is 0 Å². The molecule has 5 amide bonds. The zero-order valence-corrected chi connectivity index (χ0v) is 26.9. The van der Waals surface area contributed by atoms with Gasteiger partial charge in [0.25, 0.3) is 11.8 Å². The smallest absolute Gasteiger partial charge is 0.263 e. The Bertz CT molecular complexity index is 1300. The molecule has 1 heterocycles. The highest BCUT2D eigenvalue weighted by molar-refractivity contribution is 8.26. The number of unbranched alkanes of at least 4 members (excludes halogenated alkanes) is 2. The summed E-state index contributed by atoms with van der Waals surface area (Å²) in [6, 6.07) is 3.59. The van der Waals surface area contributed by atoms with Gasteiger partial charge in [-0.25, -0.2) is 0 Å². The summed E-state index contributed by atoms with van der Waals surface area (Å²) < 4.78 is 0.343. The minimum Gasteiger partial charge on any atom is -0.370 e. The average molecular weight is 662 g/mol. The third-order valence-electron chi connectivity index (χ3n) is 6.74. The predicted octanol–water partition coefficient (Wildman–Crippen LogP) is 0.102. The van der Waals surface area contributed by atoms with Crippen LogP contribution in [0.25, 0.3) is 6.08 Å². The van der Waals surface area contributed by atoms with Gasteiger partial charge in [0.15, 0.2) is 5.96 Å². The molecule has 2 rings (SSSR count). The number of nitrogens with zero attached hydrogens (tertiary/aromatic N) is 1. The molecule has 16 heteroatoms. The van der Waals surface area contributed by atoms with E-state index in [0.717, 1.165) is 18.2 Å². The van der Waals surface area contributed by atoms with Gasteiger partial charge in [0.05, 0.1) is 4.91 Å². The maximum atomic E-state index is 13.6. The summed E-state index contributed by atoms with van der Waals surface area (Å²) in [7, 11) is 0. The molecule has 0 aromatic heterocycles. The number of nitrogens with two attached hydrogens (primary N) is 4. The second-order valence-corrected chi connectivity index (χ2v) is 12.1. The number of guanidine groups is 1. The van der Waals surface area contributed by atoms with E-state index in [0.29, 0.717) is 53.4 Å². The molecular weight excluding hydrogens is 619 g/mol. The van der Waals surface area contributed by atoms with Crippen molar-refractivity contribution in [2.75, 3.05) is 13.1 Å². The van der Waals surface area contributed by atoms with Crippen LogP contribution in [0.5, 0.6) is 0 Å². The molecule has 45 heavy (non-hydrogen) atoms. The number of carbonyl (C=O) groups excluding carboxylic acids is 5. The van der Waals surface area contributed by atoms with Crippen molar-refractivity contribution in [2.45, 2.75) is 76.4 Å². The number of carbonyl (C=O) groups is 5. The minimum atomic E-state index is -1.06. The molecule has 0 aliphatic carbocycles. The first kappa shape index (κ1) is 37.2. The van der Waals surface area contributed by atoms with Crippen LogP contribution in [0.4, 0.5) is 0 Å². The first-order valence-electron chi connectivity index (χ1n) is 14.8. The summed E-state index contributed by atoms with van der Waals surface area (Å²) in [5.41, 5.74) is 22.8. The lowest BCUT2D eigenvalue weighted by atomic mass is 10.0. The molecule has 12 N–H and O–H groups in total. The van der Waals surface area contributed by atoms with Crippen LogP contribution in [0.1, 0.15) is 74.2 Å². The van der Waals surface area contributed by atoms with Crippen LogP contribution in [-0.4, -0.2) is 71.0 Å². The molecule has 1 aromatic carbocycles. The molecule has 1 aliphatic rings. The topological polar surface area (TPSA) is 250 Å². The second kappa shape index (κ2) is 19.4. The van der Waals surface area contributed by atoms with Gasteiger partial charge in [-0.3, -0.25) is 29.0 Å². The van der Waals surface area contributed by atoms with Crippen LogP contribution < -0.4 is 44.2 Å². The van der Waals surface area contributed by atoms with Crippen molar-refractivity contribution in [3.8, 4) is 0 Å². The van der Waals surface area contributed by atoms with E-state index in [2.05, 4.69) is 26.3 Å². The highest BCUT2D eigenvalue weighted by Gasteiger charge is 2.29. The third kappa shape index (κ3) is 13.2. The molecule has 1 aliphatic heterocycles. The zero-order chi connectivity index (χ0) is 33.4. The van der Waals surface area contributed by atoms with Gasteiger partial charge in [0.2, 0.25) is 17.7 Å². The van der Waals surface area contributed by atoms with Crippen LogP contribution in [0, 0.1) is 0 Å². The lowest BCUT2D eigenvalue weighted by Crippen LogP contribution is -2.56. The molecule has 0 saturated carbocycles. The van der Waals surface area contributed by atoms with Crippen molar-refractivity contribution in [1.29, 1.82) is 0 Å². The lowest BCUT2D eigenvalue weighted by Gasteiger charge is -2.25. The van der Waals surface area contributed by atoms with E-state index in [1.807, 2.05) is 6.92 Å². The number of amides is 5. The molecule has 3 atom stereocenters. The molecule has 246 valence electrons. The molecule has 0 spiro atoms. The molecule has 14 nitrogen and oxygen atoms in total. The Morgan fingerprint density at radius 2 is 1.60 bits per heavy atom. The molecule has 0 radical (unpaired) electrons. The monoisotopic (exact) mass is 661 g/mol. The Balaban J connectivity index is 2.25. The maximum Gasteiger partial charge on any atom is 0.263 e. The summed E-state index contributed by atoms with van der Waals surface area (Å²) in [4.78, 5) is 68.5. The summed E-state index contributed by atoms with van der Waals surface area (Å²) in [5, 5.41) is 10.7. The van der Waals surface area contributed by atoms with E-state index in [4.69, 9.17) is 35.2 Å². The average Bonchev–Trinajstić information content (AvgIpc) is 3.31. The number of rotatable bonds is 19. The Morgan fingerprint density at radius 3 is 2.20 bits per heavy atom. The quantitative estimate of drug-likeness (QED) is 0.0326. The Morgan fingerprint density at radius 1 is 0.956 bits per heavy atom. The van der Waals surface area contributed by atoms with Crippen molar-refractivity contribution in [2.24, 2.45) is 27.9 Å². The summed E-state index contributed by atoms with van der Waals surface area (Å²) in [6.07, 6.45) is 5.38. The van der Waals surface area contributed by atoms with Gasteiger partial charge in [0, 0.05) is 12.1 Å². The standard InChI is InChI=1S/C29H43N9O5S2/c1-2-3-10-19(23(31)39)35-25(41)20(11-4-5-13-30)37-26(42)21(12-7-14-34-28(32)33)36-24(40)18-9-6-8-17(15-18)16-22-27(43)38-29(44)45-22/h6,8-9,15-16,19-21H,2-5,7,10-14,30H2,1H3,(H2,31,39)(H,35,41)(H,36,40)(H,37,42)(H4,32,33,34)(H,38,43,44)/b22-16-/t19-,20-,21-/m0/s1. The van der Waals surface area contributed by atoms with E-state index in [1.165, 1.54) is 0 Å². The van der Waals surface area contributed by atoms with E-state index in [-0.39, 0.29) is 36.8 Å². The first-order valence-corrected chi connectivity index (χ1v) is 16.0. The summed E-state index contributed by atoms with van der Waals surface area (Å²) in [6.45, 7) is 2.57. The fourth-order valence-corrected chi connectivity index (χ4v) is 5.40. The highest BCUT2D eigenvalue weighted by atomic mass is 32.2. The van der Waals surface area contributed by atoms with Crippen LogP contribution in [0.3, 0.4) is 0 Å². The normalized spacial score (nSPS) is 15.5. The van der Waals surface area contributed by atoms with E-state index < -0.39 is 41.8 Å². The number of benzene rings is 1. The van der Waals surface area contributed by atoms with Crippen molar-refractivity contribution >= 4 is 69.9 Å². The molecule has 1 saturated heterocycles. The zero-order valence-electron chi connectivity index (χ0n) is 25.3. The number of thiocarbonyl (C=S) groups is 1. The lowest BCUT2D eigenvalue weighted by molar-refractivity contribution is -0.132. The highest BCUT2D eigenvalue weighted by Crippen LogP contribution is 2.26. The number of primary amides is 1. The van der Waals surface area contributed by atoms with Gasteiger partial charge in [0.1, 0.15) is 22.4 Å². The van der Waals surface area contributed by atoms with Gasteiger partial charge in [-0.2, -0.15) is 0 Å². The van der Waals surface area contributed by atoms with Crippen LogP contribution in [0.2, 0.25) is 0 Å². The molecular formula is C29H43N9O5S2. The van der Waals surface area contributed by atoms with E-state index in [9.17, 15) is 24.0 Å². The number of hydrogen-bond acceptors (Lipinski definition) is 9. The van der Waals surface area contributed by atoms with Gasteiger partial charge < -0.3 is 44.2 Å². The molecule has 1 aromatic rings. The Kier molecular flexibility index (Phi) is 16.0. The van der Waals surface area contributed by atoms with Crippen LogP contribution >= 0.6 is 24.0 Å². The van der Waals surface area contributed by atoms with Gasteiger partial charge in [-0.1, -0.05) is 55.9 Å². The summed E-state index contributed by atoms with van der Waals surface area (Å²) >= 11 is 6.14. The molecule has 1 fully saturated rings. The fraction of sp³-hybridized carbons (Fsp3) is 0.483. The third-order valence-corrected chi connectivity index (χ3v) is 7.90. The largest absolute Gasteiger partial charge is 0.370 e. The van der Waals surface area contributed by atoms with Gasteiger partial charge >= 0.3 is 0 Å². The number of hydrogen-bond donors (Lipinski definition) is 8. The SMILES string of the molecule is CCCC[C@H](NC(=O)[C@H](CCCCN)NC(=O)[C@H](CCCN=C(N)N)NC(=O)c1cccc(/C=C2\SC(=S)NC2=O)c1)C(N)=O. The Labute approximate surface area is 272 Å². The first-order chi connectivity index (χ1) is 21.4. The second-order valence-electron chi connectivity index (χ2n) is 10.4.